The second-order valence-corrected chi connectivity index (χ2v) is 13.3. The number of benzene rings is 2. The standard InChI is InChI=1S/C29H33N3O6S2/c1-40(37,38)26-16-15-24(39-26)31-29(36)32-27(21-9-7-20(8-10-21)19-5-3-2-4-6-19)22-11-13-23(14-12-22)28(35)30-18-17-25(33)34/h7-16,19,27H,2-6,17-18H2,1H3,(H,30,35)(H,33,34)(H2,31,32,36). The van der Waals surface area contributed by atoms with Gasteiger partial charge in [0.2, 0.25) is 0 Å². The minimum atomic E-state index is -3.38. The second-order valence-electron chi connectivity index (χ2n) is 9.95. The highest BCUT2D eigenvalue weighted by molar-refractivity contribution is 7.92. The topological polar surface area (TPSA) is 142 Å². The van der Waals surface area contributed by atoms with E-state index in [9.17, 15) is 22.8 Å². The van der Waals surface area contributed by atoms with Crippen LogP contribution in [0.3, 0.4) is 0 Å². The van der Waals surface area contributed by atoms with E-state index >= 15 is 0 Å². The van der Waals surface area contributed by atoms with Crippen molar-refractivity contribution >= 4 is 44.1 Å². The number of rotatable bonds is 10. The second kappa shape index (κ2) is 13.1. The molecule has 9 nitrogen and oxygen atoms in total. The molecule has 0 radical (unpaired) electrons. The summed E-state index contributed by atoms with van der Waals surface area (Å²) in [6, 6.07) is 17.0. The summed E-state index contributed by atoms with van der Waals surface area (Å²) in [4.78, 5) is 36.1. The van der Waals surface area contributed by atoms with E-state index in [1.807, 2.05) is 12.1 Å². The molecular formula is C29H33N3O6S2. The number of hydrogen-bond acceptors (Lipinski definition) is 6. The summed E-state index contributed by atoms with van der Waals surface area (Å²) in [6.07, 6.45) is 7.04. The van der Waals surface area contributed by atoms with Gasteiger partial charge in [0.05, 0.1) is 17.5 Å². The van der Waals surface area contributed by atoms with Gasteiger partial charge in [-0.3, -0.25) is 14.9 Å². The fraction of sp³-hybridized carbons (Fsp3) is 0.345. The lowest BCUT2D eigenvalue weighted by Gasteiger charge is -2.24. The fourth-order valence-corrected chi connectivity index (χ4v) is 6.66. The summed E-state index contributed by atoms with van der Waals surface area (Å²) < 4.78 is 23.8. The molecule has 0 spiro atoms. The van der Waals surface area contributed by atoms with E-state index < -0.39 is 27.9 Å². The van der Waals surface area contributed by atoms with Crippen LogP contribution >= 0.6 is 11.3 Å². The van der Waals surface area contributed by atoms with Gasteiger partial charge >= 0.3 is 12.0 Å². The molecule has 1 fully saturated rings. The number of aliphatic carboxylic acids is 1. The lowest BCUT2D eigenvalue weighted by molar-refractivity contribution is -0.136. The zero-order valence-corrected chi connectivity index (χ0v) is 23.8. The van der Waals surface area contributed by atoms with Gasteiger partial charge in [-0.2, -0.15) is 0 Å². The summed E-state index contributed by atoms with van der Waals surface area (Å²) in [6.45, 7) is 0.0252. The molecule has 2 aromatic carbocycles. The van der Waals surface area contributed by atoms with Crippen LogP contribution in [-0.2, 0) is 14.6 Å². The first-order chi connectivity index (χ1) is 19.1. The Bertz CT molecular complexity index is 1440. The third kappa shape index (κ3) is 7.92. The quantitative estimate of drug-likeness (QED) is 0.255. The fourth-order valence-electron chi connectivity index (χ4n) is 4.83. The van der Waals surface area contributed by atoms with Gasteiger partial charge in [-0.05, 0) is 59.7 Å². The lowest BCUT2D eigenvalue weighted by Crippen LogP contribution is -2.33. The molecule has 1 aliphatic carbocycles. The van der Waals surface area contributed by atoms with Crippen molar-refractivity contribution in [2.24, 2.45) is 0 Å². The number of amides is 3. The normalized spacial score (nSPS) is 14.7. The largest absolute Gasteiger partial charge is 0.481 e. The van der Waals surface area contributed by atoms with Crippen LogP contribution in [0.2, 0.25) is 0 Å². The van der Waals surface area contributed by atoms with Crippen LogP contribution in [0.1, 0.15) is 77.5 Å². The third-order valence-electron chi connectivity index (χ3n) is 6.94. The van der Waals surface area contributed by atoms with Crippen LogP contribution in [0.25, 0.3) is 0 Å². The number of urea groups is 1. The molecule has 3 aromatic rings. The Morgan fingerprint density at radius 3 is 2.12 bits per heavy atom. The molecule has 0 saturated heterocycles. The Labute approximate surface area is 237 Å². The van der Waals surface area contributed by atoms with Gasteiger partial charge in [0.1, 0.15) is 4.21 Å². The van der Waals surface area contributed by atoms with E-state index in [1.165, 1.54) is 43.7 Å². The molecule has 1 aromatic heterocycles. The molecule has 0 aliphatic heterocycles. The van der Waals surface area contributed by atoms with Gasteiger partial charge in [0, 0.05) is 18.4 Å². The number of anilines is 1. The highest BCUT2D eigenvalue weighted by Gasteiger charge is 2.21. The van der Waals surface area contributed by atoms with Crippen LogP contribution in [0.4, 0.5) is 9.80 Å². The summed E-state index contributed by atoms with van der Waals surface area (Å²) in [5, 5.41) is 17.5. The molecule has 40 heavy (non-hydrogen) atoms. The Morgan fingerprint density at radius 1 is 0.925 bits per heavy atom. The van der Waals surface area contributed by atoms with E-state index in [0.29, 0.717) is 16.5 Å². The van der Waals surface area contributed by atoms with Crippen molar-refractivity contribution in [1.82, 2.24) is 10.6 Å². The average molecular weight is 584 g/mol. The smallest absolute Gasteiger partial charge is 0.320 e. The maximum atomic E-state index is 13.0. The van der Waals surface area contributed by atoms with E-state index in [4.69, 9.17) is 5.11 Å². The molecule has 4 rings (SSSR count). The SMILES string of the molecule is CS(=O)(=O)c1ccc(NC(=O)NC(c2ccc(C(=O)NCCC(=O)O)cc2)c2ccc(C3CCCCC3)cc2)s1. The molecule has 3 amide bonds. The van der Waals surface area contributed by atoms with Crippen molar-refractivity contribution in [2.75, 3.05) is 18.1 Å². The van der Waals surface area contributed by atoms with Crippen molar-refractivity contribution in [3.8, 4) is 0 Å². The summed E-state index contributed by atoms with van der Waals surface area (Å²) in [5.74, 6) is -0.835. The minimum absolute atomic E-state index is 0.0252. The van der Waals surface area contributed by atoms with E-state index in [2.05, 4.69) is 28.1 Å². The number of carboxylic acid groups (broad SMARTS) is 1. The molecule has 11 heteroatoms. The van der Waals surface area contributed by atoms with E-state index in [0.717, 1.165) is 28.7 Å². The van der Waals surface area contributed by atoms with Crippen LogP contribution < -0.4 is 16.0 Å². The van der Waals surface area contributed by atoms with Crippen LogP contribution in [0.15, 0.2) is 64.9 Å². The predicted octanol–water partition coefficient (Wildman–Crippen LogP) is 5.31. The lowest BCUT2D eigenvalue weighted by atomic mass is 9.83. The Balaban J connectivity index is 1.53. The zero-order chi connectivity index (χ0) is 28.7. The summed E-state index contributed by atoms with van der Waals surface area (Å²) in [7, 11) is -3.38. The molecule has 1 saturated carbocycles. The van der Waals surface area contributed by atoms with Crippen LogP contribution in [0, 0.1) is 0 Å². The Kier molecular flexibility index (Phi) is 9.59. The van der Waals surface area contributed by atoms with Crippen molar-refractivity contribution < 1.29 is 27.9 Å². The van der Waals surface area contributed by atoms with E-state index in [1.54, 1.807) is 30.3 Å². The average Bonchev–Trinajstić information content (AvgIpc) is 3.41. The summed E-state index contributed by atoms with van der Waals surface area (Å²) in [5.41, 5.74) is 3.26. The molecule has 1 atom stereocenters. The van der Waals surface area contributed by atoms with Gasteiger partial charge in [0.25, 0.3) is 5.91 Å². The van der Waals surface area contributed by atoms with Gasteiger partial charge in [-0.1, -0.05) is 55.7 Å². The van der Waals surface area contributed by atoms with Crippen molar-refractivity contribution in [3.63, 3.8) is 0 Å². The van der Waals surface area contributed by atoms with Gasteiger partial charge in [-0.15, -0.1) is 11.3 Å². The third-order valence-corrected chi connectivity index (χ3v) is 9.76. The number of hydrogen-bond donors (Lipinski definition) is 4. The number of sulfone groups is 1. The van der Waals surface area contributed by atoms with E-state index in [-0.39, 0.29) is 23.1 Å². The van der Waals surface area contributed by atoms with Crippen molar-refractivity contribution in [3.05, 3.63) is 82.9 Å². The molecule has 1 aliphatic rings. The highest BCUT2D eigenvalue weighted by Crippen LogP contribution is 2.34. The number of carboxylic acids is 1. The first-order valence-corrected chi connectivity index (χ1v) is 15.9. The number of nitrogens with one attached hydrogen (secondary N) is 3. The molecule has 212 valence electrons. The van der Waals surface area contributed by atoms with Crippen LogP contribution in [0.5, 0.6) is 0 Å². The molecule has 0 bridgehead atoms. The summed E-state index contributed by atoms with van der Waals surface area (Å²) >= 11 is 0.977. The molecule has 1 heterocycles. The van der Waals surface area contributed by atoms with Gasteiger partial charge < -0.3 is 15.7 Å². The van der Waals surface area contributed by atoms with Gasteiger partial charge in [0.15, 0.2) is 9.84 Å². The first-order valence-electron chi connectivity index (χ1n) is 13.2. The monoisotopic (exact) mass is 583 g/mol. The zero-order valence-electron chi connectivity index (χ0n) is 22.2. The van der Waals surface area contributed by atoms with Gasteiger partial charge in [-0.25, -0.2) is 13.2 Å². The Hall–Kier alpha value is -3.70. The first kappa shape index (κ1) is 29.3. The molecule has 4 N–H and O–H groups in total. The number of carbonyl (C=O) groups excluding carboxylic acids is 2. The number of carbonyl (C=O) groups is 3. The Morgan fingerprint density at radius 2 is 1.55 bits per heavy atom. The highest BCUT2D eigenvalue weighted by atomic mass is 32.2. The maximum Gasteiger partial charge on any atom is 0.320 e. The predicted molar refractivity (Wildman–Crippen MR) is 155 cm³/mol. The maximum absolute atomic E-state index is 13.0. The number of thiophene rings is 1. The minimum Gasteiger partial charge on any atom is -0.481 e. The van der Waals surface area contributed by atoms with Crippen molar-refractivity contribution in [1.29, 1.82) is 0 Å². The van der Waals surface area contributed by atoms with Crippen molar-refractivity contribution in [2.45, 2.75) is 54.7 Å². The molecular weight excluding hydrogens is 550 g/mol. The molecule has 1 unspecified atom stereocenters. The van der Waals surface area contributed by atoms with Crippen LogP contribution in [-0.4, -0.2) is 44.2 Å².